The molecular formula is C11H19N3S. The second kappa shape index (κ2) is 4.58. The monoisotopic (exact) mass is 225 g/mol. The van der Waals surface area contributed by atoms with Crippen LogP contribution in [0.4, 0.5) is 0 Å². The number of nitrogens with zero attached hydrogens (tertiary/aromatic N) is 2. The highest BCUT2D eigenvalue weighted by atomic mass is 32.1. The Morgan fingerprint density at radius 1 is 1.40 bits per heavy atom. The van der Waals surface area contributed by atoms with Gasteiger partial charge >= 0.3 is 0 Å². The number of nitrogens with two attached hydrogens (primary N) is 1. The molecule has 15 heavy (non-hydrogen) atoms. The van der Waals surface area contributed by atoms with E-state index >= 15 is 0 Å². The predicted octanol–water partition coefficient (Wildman–Crippen LogP) is 2.15. The summed E-state index contributed by atoms with van der Waals surface area (Å²) in [5.74, 6) is 1.50. The molecule has 3 atom stereocenters. The van der Waals surface area contributed by atoms with E-state index in [0.29, 0.717) is 12.0 Å². The SMILES string of the molecule is Cc1nnc(CC2CC(N)CCC2C)s1. The molecule has 3 unspecified atom stereocenters. The fraction of sp³-hybridized carbons (Fsp3) is 0.818. The van der Waals surface area contributed by atoms with Crippen LogP contribution >= 0.6 is 11.3 Å². The largest absolute Gasteiger partial charge is 0.328 e. The third-order valence-electron chi connectivity index (χ3n) is 3.41. The maximum atomic E-state index is 6.01. The molecule has 4 heteroatoms. The lowest BCUT2D eigenvalue weighted by Crippen LogP contribution is -2.33. The maximum absolute atomic E-state index is 6.01. The van der Waals surface area contributed by atoms with Gasteiger partial charge in [0, 0.05) is 12.5 Å². The third-order valence-corrected chi connectivity index (χ3v) is 4.27. The molecule has 0 amide bonds. The van der Waals surface area contributed by atoms with Crippen molar-refractivity contribution in [1.29, 1.82) is 0 Å². The summed E-state index contributed by atoms with van der Waals surface area (Å²) in [5, 5.41) is 10.5. The minimum absolute atomic E-state index is 0.403. The minimum atomic E-state index is 0.403. The Morgan fingerprint density at radius 3 is 2.87 bits per heavy atom. The lowest BCUT2D eigenvalue weighted by atomic mass is 9.77. The Hall–Kier alpha value is -0.480. The Morgan fingerprint density at radius 2 is 2.20 bits per heavy atom. The average Bonchev–Trinajstić information content (AvgIpc) is 2.58. The molecule has 84 valence electrons. The van der Waals surface area contributed by atoms with Crippen LogP contribution in [-0.4, -0.2) is 16.2 Å². The van der Waals surface area contributed by atoms with Crippen molar-refractivity contribution in [3.63, 3.8) is 0 Å². The van der Waals surface area contributed by atoms with E-state index in [1.54, 1.807) is 11.3 Å². The summed E-state index contributed by atoms with van der Waals surface area (Å²) in [7, 11) is 0. The Bertz CT molecular complexity index is 323. The number of hydrogen-bond acceptors (Lipinski definition) is 4. The zero-order chi connectivity index (χ0) is 10.8. The van der Waals surface area contributed by atoms with E-state index in [1.165, 1.54) is 17.8 Å². The van der Waals surface area contributed by atoms with Gasteiger partial charge in [-0.1, -0.05) is 6.92 Å². The number of aromatic nitrogens is 2. The molecule has 1 fully saturated rings. The average molecular weight is 225 g/mol. The fourth-order valence-electron chi connectivity index (χ4n) is 2.38. The van der Waals surface area contributed by atoms with Crippen molar-refractivity contribution >= 4 is 11.3 Å². The molecule has 1 heterocycles. The number of hydrogen-bond donors (Lipinski definition) is 1. The summed E-state index contributed by atoms with van der Waals surface area (Å²) in [5.41, 5.74) is 6.01. The van der Waals surface area contributed by atoms with Crippen molar-refractivity contribution in [2.75, 3.05) is 0 Å². The van der Waals surface area contributed by atoms with Crippen molar-refractivity contribution in [2.45, 2.75) is 45.6 Å². The Kier molecular flexibility index (Phi) is 3.36. The lowest BCUT2D eigenvalue weighted by Gasteiger charge is -2.31. The first kappa shape index (κ1) is 11.0. The van der Waals surface area contributed by atoms with Crippen molar-refractivity contribution in [3.05, 3.63) is 10.0 Å². The van der Waals surface area contributed by atoms with Gasteiger partial charge in [0.15, 0.2) is 0 Å². The first-order valence-electron chi connectivity index (χ1n) is 5.69. The molecule has 2 rings (SSSR count). The maximum Gasteiger partial charge on any atom is 0.117 e. The summed E-state index contributed by atoms with van der Waals surface area (Å²) < 4.78 is 0. The van der Waals surface area contributed by atoms with Crippen LogP contribution < -0.4 is 5.73 Å². The summed E-state index contributed by atoms with van der Waals surface area (Å²) in [6, 6.07) is 0.403. The molecule has 1 aromatic rings. The van der Waals surface area contributed by atoms with E-state index in [1.807, 2.05) is 6.92 Å². The Labute approximate surface area is 95.1 Å². The first-order chi connectivity index (χ1) is 7.15. The molecule has 2 N–H and O–H groups in total. The molecule has 1 saturated carbocycles. The van der Waals surface area contributed by atoms with Crippen LogP contribution in [0.25, 0.3) is 0 Å². The first-order valence-corrected chi connectivity index (χ1v) is 6.51. The van der Waals surface area contributed by atoms with Crippen molar-refractivity contribution in [1.82, 2.24) is 10.2 Å². The molecule has 0 aromatic carbocycles. The van der Waals surface area contributed by atoms with Gasteiger partial charge in [-0.05, 0) is 38.0 Å². The molecule has 1 aliphatic carbocycles. The normalized spacial score (nSPS) is 31.8. The Balaban J connectivity index is 1.98. The second-order valence-electron chi connectivity index (χ2n) is 4.73. The van der Waals surface area contributed by atoms with Crippen LogP contribution in [0, 0.1) is 18.8 Å². The molecule has 1 aromatic heterocycles. The summed E-state index contributed by atoms with van der Waals surface area (Å²) in [6.07, 6.45) is 4.68. The van der Waals surface area contributed by atoms with E-state index in [0.717, 1.165) is 23.8 Å². The van der Waals surface area contributed by atoms with E-state index in [4.69, 9.17) is 5.73 Å². The van der Waals surface area contributed by atoms with Crippen molar-refractivity contribution in [2.24, 2.45) is 17.6 Å². The standard InChI is InChI=1S/C11H19N3S/c1-7-3-4-10(12)5-9(7)6-11-14-13-8(2)15-11/h7,9-10H,3-6,12H2,1-2H3. The fourth-order valence-corrected chi connectivity index (χ4v) is 3.18. The van der Waals surface area contributed by atoms with E-state index < -0.39 is 0 Å². The van der Waals surface area contributed by atoms with Gasteiger partial charge in [0.1, 0.15) is 10.0 Å². The highest BCUT2D eigenvalue weighted by Gasteiger charge is 2.26. The molecule has 1 aliphatic rings. The van der Waals surface area contributed by atoms with E-state index in [9.17, 15) is 0 Å². The van der Waals surface area contributed by atoms with Gasteiger partial charge in [0.2, 0.25) is 0 Å². The van der Waals surface area contributed by atoms with Gasteiger partial charge in [-0.25, -0.2) is 0 Å². The molecule has 0 saturated heterocycles. The minimum Gasteiger partial charge on any atom is -0.328 e. The van der Waals surface area contributed by atoms with Crippen molar-refractivity contribution in [3.8, 4) is 0 Å². The predicted molar refractivity (Wildman–Crippen MR) is 62.8 cm³/mol. The van der Waals surface area contributed by atoms with Gasteiger partial charge in [0.25, 0.3) is 0 Å². The van der Waals surface area contributed by atoms with Gasteiger partial charge in [0.05, 0.1) is 0 Å². The highest BCUT2D eigenvalue weighted by molar-refractivity contribution is 7.11. The quantitative estimate of drug-likeness (QED) is 0.839. The van der Waals surface area contributed by atoms with Gasteiger partial charge in [-0.2, -0.15) is 0 Å². The smallest absolute Gasteiger partial charge is 0.117 e. The molecule has 0 radical (unpaired) electrons. The topological polar surface area (TPSA) is 51.8 Å². The lowest BCUT2D eigenvalue weighted by molar-refractivity contribution is 0.231. The van der Waals surface area contributed by atoms with Crippen LogP contribution in [0.5, 0.6) is 0 Å². The molecule has 0 spiro atoms. The third kappa shape index (κ3) is 2.75. The van der Waals surface area contributed by atoms with Crippen LogP contribution in [0.3, 0.4) is 0 Å². The van der Waals surface area contributed by atoms with E-state index in [-0.39, 0.29) is 0 Å². The van der Waals surface area contributed by atoms with Crippen LogP contribution in [0.1, 0.15) is 36.2 Å². The summed E-state index contributed by atoms with van der Waals surface area (Å²) in [6.45, 7) is 4.35. The van der Waals surface area contributed by atoms with Gasteiger partial charge in [-0.3, -0.25) is 0 Å². The summed E-state index contributed by atoms with van der Waals surface area (Å²) >= 11 is 1.72. The zero-order valence-electron chi connectivity index (χ0n) is 9.44. The molecule has 0 aliphatic heterocycles. The molecule has 3 nitrogen and oxygen atoms in total. The van der Waals surface area contributed by atoms with Crippen LogP contribution in [-0.2, 0) is 6.42 Å². The van der Waals surface area contributed by atoms with E-state index in [2.05, 4.69) is 17.1 Å². The van der Waals surface area contributed by atoms with Crippen LogP contribution in [0.15, 0.2) is 0 Å². The van der Waals surface area contributed by atoms with Gasteiger partial charge in [-0.15, -0.1) is 21.5 Å². The number of aryl methyl sites for hydroxylation is 1. The second-order valence-corrected chi connectivity index (χ2v) is 6.00. The summed E-state index contributed by atoms with van der Waals surface area (Å²) in [4.78, 5) is 0. The number of rotatable bonds is 2. The van der Waals surface area contributed by atoms with Crippen LogP contribution in [0.2, 0.25) is 0 Å². The van der Waals surface area contributed by atoms with Crippen molar-refractivity contribution < 1.29 is 0 Å². The molecule has 0 bridgehead atoms. The zero-order valence-corrected chi connectivity index (χ0v) is 10.3. The van der Waals surface area contributed by atoms with Gasteiger partial charge < -0.3 is 5.73 Å². The molecular weight excluding hydrogens is 206 g/mol. The highest BCUT2D eigenvalue weighted by Crippen LogP contribution is 2.32.